The minimum absolute atomic E-state index is 0.0276. The van der Waals surface area contributed by atoms with Gasteiger partial charge >= 0.3 is 0 Å². The summed E-state index contributed by atoms with van der Waals surface area (Å²) >= 11 is 0. The molecule has 0 heterocycles. The summed E-state index contributed by atoms with van der Waals surface area (Å²) in [5, 5.41) is 8.19. The van der Waals surface area contributed by atoms with Gasteiger partial charge in [-0.15, -0.1) is 0 Å². The summed E-state index contributed by atoms with van der Waals surface area (Å²) in [7, 11) is 1.77. The van der Waals surface area contributed by atoms with Gasteiger partial charge in [-0.25, -0.2) is 0 Å². The molecule has 0 spiro atoms. The maximum atomic E-state index is 11.6. The van der Waals surface area contributed by atoms with E-state index in [9.17, 15) is 4.79 Å². The van der Waals surface area contributed by atoms with Gasteiger partial charge in [-0.1, -0.05) is 67.1 Å². The molecule has 216 valence electrons. The molecule has 41 heavy (non-hydrogen) atoms. The summed E-state index contributed by atoms with van der Waals surface area (Å²) in [6, 6.07) is 30.4. The van der Waals surface area contributed by atoms with Gasteiger partial charge in [-0.3, -0.25) is 4.79 Å². The van der Waals surface area contributed by atoms with Crippen LogP contribution >= 0.6 is 0 Å². The van der Waals surface area contributed by atoms with Crippen LogP contribution in [0.2, 0.25) is 0 Å². The molecule has 0 aliphatic carbocycles. The molecule has 0 bridgehead atoms. The molecule has 0 fully saturated rings. The van der Waals surface area contributed by atoms with Crippen molar-refractivity contribution in [3.8, 4) is 22.3 Å². The second-order valence-corrected chi connectivity index (χ2v) is 10.9. The van der Waals surface area contributed by atoms with Gasteiger partial charge in [-0.2, -0.15) is 0 Å². The highest BCUT2D eigenvalue weighted by molar-refractivity contribution is 5.91. The van der Waals surface area contributed by atoms with Crippen LogP contribution in [0.5, 0.6) is 0 Å². The number of benzene rings is 4. The highest BCUT2D eigenvalue weighted by Gasteiger charge is 2.10. The summed E-state index contributed by atoms with van der Waals surface area (Å²) in [6.45, 7) is 1.74. The standard InChI is InChI=1S/C35H45N5O/c1-39-24-35(41)40-19-5-3-13-34(38)32-11-7-9-26(23-32)28-15-17-29-20-27(14-16-30(29)21-28)25-8-6-10-31(22-25)33(37)12-2-4-18-36/h6-11,14-17,20-23,33-34,39H,2-5,12-13,18-19,24,36-38H2,1H3,(H,40,41). The third-order valence-electron chi connectivity index (χ3n) is 7.71. The molecule has 0 saturated heterocycles. The van der Waals surface area contributed by atoms with E-state index in [1.54, 1.807) is 7.05 Å². The maximum Gasteiger partial charge on any atom is 0.233 e. The second-order valence-electron chi connectivity index (χ2n) is 10.9. The van der Waals surface area contributed by atoms with Gasteiger partial charge in [0.1, 0.15) is 0 Å². The molecule has 4 aromatic carbocycles. The first-order chi connectivity index (χ1) is 20.0. The first kappa shape index (κ1) is 30.4. The maximum absolute atomic E-state index is 11.6. The number of hydrogen-bond donors (Lipinski definition) is 5. The fourth-order valence-corrected chi connectivity index (χ4v) is 5.28. The topological polar surface area (TPSA) is 119 Å². The van der Waals surface area contributed by atoms with E-state index in [0.717, 1.165) is 44.1 Å². The average molecular weight is 552 g/mol. The van der Waals surface area contributed by atoms with E-state index < -0.39 is 0 Å². The van der Waals surface area contributed by atoms with Crippen LogP contribution in [0.15, 0.2) is 84.9 Å². The second kappa shape index (κ2) is 15.5. The lowest BCUT2D eigenvalue weighted by Crippen LogP contribution is -2.32. The van der Waals surface area contributed by atoms with E-state index in [1.807, 2.05) is 0 Å². The molecule has 0 aromatic heterocycles. The minimum atomic E-state index is -0.0319. The van der Waals surface area contributed by atoms with Crippen LogP contribution < -0.4 is 27.8 Å². The first-order valence-electron chi connectivity index (χ1n) is 14.9. The highest BCUT2D eigenvalue weighted by atomic mass is 16.1. The summed E-state index contributed by atoms with van der Waals surface area (Å²) in [5.74, 6) is 0.0276. The lowest BCUT2D eigenvalue weighted by Gasteiger charge is -2.14. The molecule has 0 saturated carbocycles. The predicted molar refractivity (Wildman–Crippen MR) is 172 cm³/mol. The van der Waals surface area contributed by atoms with Crippen LogP contribution in [0.4, 0.5) is 0 Å². The number of fused-ring (bicyclic) bond motifs is 1. The minimum Gasteiger partial charge on any atom is -0.355 e. The molecule has 0 aliphatic heterocycles. The Kier molecular flexibility index (Phi) is 11.5. The Balaban J connectivity index is 1.42. The zero-order valence-corrected chi connectivity index (χ0v) is 24.2. The smallest absolute Gasteiger partial charge is 0.233 e. The summed E-state index contributed by atoms with van der Waals surface area (Å²) < 4.78 is 0. The molecule has 6 heteroatoms. The first-order valence-corrected chi connectivity index (χ1v) is 14.9. The normalized spacial score (nSPS) is 12.8. The van der Waals surface area contributed by atoms with Gasteiger partial charge in [0.25, 0.3) is 0 Å². The van der Waals surface area contributed by atoms with E-state index in [1.165, 1.54) is 38.6 Å². The Morgan fingerprint density at radius 3 is 1.71 bits per heavy atom. The third kappa shape index (κ3) is 8.72. The van der Waals surface area contributed by atoms with Gasteiger partial charge in [0.2, 0.25) is 5.91 Å². The highest BCUT2D eigenvalue weighted by Crippen LogP contribution is 2.31. The number of carbonyl (C=O) groups is 1. The van der Waals surface area contributed by atoms with Crippen molar-refractivity contribution in [3.05, 3.63) is 96.1 Å². The number of nitrogens with two attached hydrogens (primary N) is 3. The van der Waals surface area contributed by atoms with Gasteiger partial charge in [0.15, 0.2) is 0 Å². The zero-order valence-electron chi connectivity index (χ0n) is 24.2. The van der Waals surface area contributed by atoms with Gasteiger partial charge in [-0.05, 0) is 114 Å². The molecule has 2 unspecified atom stereocenters. The number of unbranched alkanes of at least 4 members (excludes halogenated alkanes) is 2. The summed E-state index contributed by atoms with van der Waals surface area (Å²) in [5.41, 5.74) is 25.7. The Hall–Kier alpha value is -3.55. The van der Waals surface area contributed by atoms with Crippen molar-refractivity contribution < 1.29 is 4.79 Å². The number of hydrogen-bond acceptors (Lipinski definition) is 5. The van der Waals surface area contributed by atoms with Crippen molar-refractivity contribution in [2.24, 2.45) is 17.2 Å². The van der Waals surface area contributed by atoms with E-state index in [2.05, 4.69) is 95.6 Å². The van der Waals surface area contributed by atoms with Crippen molar-refractivity contribution >= 4 is 16.7 Å². The van der Waals surface area contributed by atoms with Gasteiger partial charge in [0, 0.05) is 18.6 Å². The van der Waals surface area contributed by atoms with Crippen LogP contribution in [0.1, 0.15) is 61.7 Å². The SMILES string of the molecule is CNCC(=O)NCCCCC(N)c1cccc(-c2ccc3cc(-c4cccc(C(N)CCCCN)c4)ccc3c2)c1. The lowest BCUT2D eigenvalue weighted by atomic mass is 9.94. The zero-order chi connectivity index (χ0) is 29.0. The van der Waals surface area contributed by atoms with Crippen molar-refractivity contribution in [3.63, 3.8) is 0 Å². The van der Waals surface area contributed by atoms with Gasteiger partial charge < -0.3 is 27.8 Å². The number of likely N-dealkylation sites (N-methyl/N-ethyl adjacent to an activating group) is 1. The van der Waals surface area contributed by atoms with Crippen molar-refractivity contribution in [2.75, 3.05) is 26.7 Å². The number of carbonyl (C=O) groups excluding carboxylic acids is 1. The summed E-state index contributed by atoms with van der Waals surface area (Å²) in [4.78, 5) is 11.6. The molecule has 6 nitrogen and oxygen atoms in total. The van der Waals surface area contributed by atoms with Gasteiger partial charge in [0.05, 0.1) is 6.54 Å². The van der Waals surface area contributed by atoms with E-state index >= 15 is 0 Å². The molecular formula is C35H45N5O. The summed E-state index contributed by atoms with van der Waals surface area (Å²) in [6.07, 6.45) is 5.77. The number of rotatable bonds is 15. The van der Waals surface area contributed by atoms with Crippen LogP contribution in [-0.2, 0) is 4.79 Å². The van der Waals surface area contributed by atoms with E-state index in [-0.39, 0.29) is 18.0 Å². The largest absolute Gasteiger partial charge is 0.355 e. The van der Waals surface area contributed by atoms with Crippen LogP contribution in [0, 0.1) is 0 Å². The molecule has 8 N–H and O–H groups in total. The molecule has 4 aromatic rings. The van der Waals surface area contributed by atoms with Crippen LogP contribution in [0.25, 0.3) is 33.0 Å². The van der Waals surface area contributed by atoms with E-state index in [0.29, 0.717) is 19.6 Å². The van der Waals surface area contributed by atoms with Crippen molar-refractivity contribution in [2.45, 2.75) is 50.6 Å². The molecule has 0 aliphatic rings. The number of amides is 1. The number of nitrogens with one attached hydrogen (secondary N) is 2. The molecular weight excluding hydrogens is 506 g/mol. The molecule has 0 radical (unpaired) electrons. The monoisotopic (exact) mass is 551 g/mol. The molecule has 2 atom stereocenters. The predicted octanol–water partition coefficient (Wildman–Crippen LogP) is 5.81. The average Bonchev–Trinajstić information content (AvgIpc) is 3.00. The Bertz CT molecular complexity index is 1420. The quantitative estimate of drug-likeness (QED) is 0.120. The Morgan fingerprint density at radius 1 is 0.683 bits per heavy atom. The Morgan fingerprint density at radius 2 is 1.20 bits per heavy atom. The molecule has 1 amide bonds. The van der Waals surface area contributed by atoms with Crippen molar-refractivity contribution in [1.29, 1.82) is 0 Å². The fourth-order valence-electron chi connectivity index (χ4n) is 5.28. The lowest BCUT2D eigenvalue weighted by molar-refractivity contribution is -0.120. The Labute approximate surface area is 244 Å². The molecule has 4 rings (SSSR count). The van der Waals surface area contributed by atoms with Crippen molar-refractivity contribution in [1.82, 2.24) is 10.6 Å². The van der Waals surface area contributed by atoms with Crippen LogP contribution in [0.3, 0.4) is 0 Å². The van der Waals surface area contributed by atoms with E-state index in [4.69, 9.17) is 17.2 Å². The third-order valence-corrected chi connectivity index (χ3v) is 7.71. The van der Waals surface area contributed by atoms with Crippen LogP contribution in [-0.4, -0.2) is 32.6 Å². The fraction of sp³-hybridized carbons (Fsp3) is 0.343.